The first-order valence-corrected chi connectivity index (χ1v) is 5.21. The van der Waals surface area contributed by atoms with Crippen LogP contribution in [0.3, 0.4) is 0 Å². The molecule has 1 aromatic carbocycles. The standard InChI is InChI=1S/C12H14N4/c1-2-16(10-6-4-3-5-7-10)12-9-14-8-11(13)15-12/h3-9H,2H2,1H3,(H2,13,15). The molecule has 0 aliphatic carbocycles. The maximum Gasteiger partial charge on any atom is 0.153 e. The highest BCUT2D eigenvalue weighted by molar-refractivity contribution is 5.59. The van der Waals surface area contributed by atoms with E-state index in [0.717, 1.165) is 18.1 Å². The number of anilines is 3. The summed E-state index contributed by atoms with van der Waals surface area (Å²) in [6.45, 7) is 2.89. The third-order valence-electron chi connectivity index (χ3n) is 2.30. The Bertz CT molecular complexity index is 456. The monoisotopic (exact) mass is 214 g/mol. The summed E-state index contributed by atoms with van der Waals surface area (Å²) in [6.07, 6.45) is 3.26. The lowest BCUT2D eigenvalue weighted by molar-refractivity contribution is 0.979. The van der Waals surface area contributed by atoms with Crippen LogP contribution < -0.4 is 10.6 Å². The Hall–Kier alpha value is -2.10. The molecule has 4 nitrogen and oxygen atoms in total. The highest BCUT2D eigenvalue weighted by Gasteiger charge is 2.08. The lowest BCUT2D eigenvalue weighted by Crippen LogP contribution is -2.17. The summed E-state index contributed by atoms with van der Waals surface area (Å²) >= 11 is 0. The predicted molar refractivity (Wildman–Crippen MR) is 65.6 cm³/mol. The van der Waals surface area contributed by atoms with E-state index >= 15 is 0 Å². The van der Waals surface area contributed by atoms with Crippen LogP contribution in [0, 0.1) is 0 Å². The molecule has 2 rings (SSSR count). The first-order chi connectivity index (χ1) is 7.81. The van der Waals surface area contributed by atoms with Crippen molar-refractivity contribution in [2.45, 2.75) is 6.92 Å². The fourth-order valence-corrected chi connectivity index (χ4v) is 1.59. The molecule has 82 valence electrons. The van der Waals surface area contributed by atoms with Gasteiger partial charge in [0.15, 0.2) is 5.82 Å². The van der Waals surface area contributed by atoms with Crippen molar-refractivity contribution in [3.63, 3.8) is 0 Å². The van der Waals surface area contributed by atoms with E-state index in [-0.39, 0.29) is 0 Å². The summed E-state index contributed by atoms with van der Waals surface area (Å²) < 4.78 is 0. The number of nitrogens with zero attached hydrogens (tertiary/aromatic N) is 3. The first-order valence-electron chi connectivity index (χ1n) is 5.21. The van der Waals surface area contributed by atoms with Gasteiger partial charge in [-0.15, -0.1) is 0 Å². The van der Waals surface area contributed by atoms with Crippen LogP contribution in [-0.2, 0) is 0 Å². The molecule has 2 aromatic rings. The van der Waals surface area contributed by atoms with Gasteiger partial charge in [0.1, 0.15) is 5.82 Å². The van der Waals surface area contributed by atoms with Crippen molar-refractivity contribution in [3.05, 3.63) is 42.7 Å². The third kappa shape index (κ3) is 2.11. The van der Waals surface area contributed by atoms with Gasteiger partial charge < -0.3 is 10.6 Å². The fourth-order valence-electron chi connectivity index (χ4n) is 1.59. The molecule has 16 heavy (non-hydrogen) atoms. The summed E-state index contributed by atoms with van der Waals surface area (Å²) in [7, 11) is 0. The molecule has 0 aliphatic heterocycles. The second-order valence-electron chi connectivity index (χ2n) is 3.38. The Morgan fingerprint density at radius 2 is 1.94 bits per heavy atom. The van der Waals surface area contributed by atoms with Crippen molar-refractivity contribution < 1.29 is 0 Å². The van der Waals surface area contributed by atoms with Gasteiger partial charge in [-0.1, -0.05) is 18.2 Å². The number of benzene rings is 1. The molecule has 0 saturated carbocycles. The molecule has 0 radical (unpaired) electrons. The Morgan fingerprint density at radius 1 is 1.19 bits per heavy atom. The van der Waals surface area contributed by atoms with E-state index in [1.807, 2.05) is 30.3 Å². The number of hydrogen-bond donors (Lipinski definition) is 1. The minimum atomic E-state index is 0.437. The molecular weight excluding hydrogens is 200 g/mol. The van der Waals surface area contributed by atoms with E-state index in [2.05, 4.69) is 21.8 Å². The van der Waals surface area contributed by atoms with Crippen molar-refractivity contribution >= 4 is 17.3 Å². The van der Waals surface area contributed by atoms with Crippen molar-refractivity contribution in [2.24, 2.45) is 0 Å². The lowest BCUT2D eigenvalue weighted by Gasteiger charge is -2.21. The van der Waals surface area contributed by atoms with Crippen LogP contribution in [0.2, 0.25) is 0 Å². The summed E-state index contributed by atoms with van der Waals surface area (Å²) in [4.78, 5) is 10.4. The summed E-state index contributed by atoms with van der Waals surface area (Å²) in [6, 6.07) is 10.1. The Balaban J connectivity index is 2.37. The van der Waals surface area contributed by atoms with Crippen LogP contribution in [0.15, 0.2) is 42.7 Å². The van der Waals surface area contributed by atoms with Crippen LogP contribution in [0.4, 0.5) is 17.3 Å². The fraction of sp³-hybridized carbons (Fsp3) is 0.167. The first kappa shape index (κ1) is 10.4. The van der Waals surface area contributed by atoms with Crippen molar-refractivity contribution in [1.29, 1.82) is 0 Å². The Labute approximate surface area is 94.8 Å². The summed E-state index contributed by atoms with van der Waals surface area (Å²) in [5.41, 5.74) is 6.72. The second kappa shape index (κ2) is 4.61. The van der Waals surface area contributed by atoms with E-state index in [4.69, 9.17) is 5.73 Å². The maximum atomic E-state index is 5.63. The highest BCUT2D eigenvalue weighted by atomic mass is 15.2. The van der Waals surface area contributed by atoms with Gasteiger partial charge in [0.2, 0.25) is 0 Å². The number of aromatic nitrogens is 2. The zero-order valence-corrected chi connectivity index (χ0v) is 9.17. The minimum absolute atomic E-state index is 0.437. The molecule has 0 atom stereocenters. The lowest BCUT2D eigenvalue weighted by atomic mass is 10.3. The van der Waals surface area contributed by atoms with Gasteiger partial charge in [0.25, 0.3) is 0 Å². The SMILES string of the molecule is CCN(c1ccccc1)c1cncc(N)n1. The average Bonchev–Trinajstić information content (AvgIpc) is 2.31. The van der Waals surface area contributed by atoms with E-state index < -0.39 is 0 Å². The molecule has 0 bridgehead atoms. The van der Waals surface area contributed by atoms with Crippen molar-refractivity contribution in [1.82, 2.24) is 9.97 Å². The van der Waals surface area contributed by atoms with Gasteiger partial charge in [-0.2, -0.15) is 0 Å². The average molecular weight is 214 g/mol. The highest BCUT2D eigenvalue weighted by Crippen LogP contribution is 2.22. The van der Waals surface area contributed by atoms with Gasteiger partial charge in [-0.25, -0.2) is 4.98 Å². The van der Waals surface area contributed by atoms with E-state index in [0.29, 0.717) is 5.82 Å². The molecule has 1 heterocycles. The van der Waals surface area contributed by atoms with E-state index in [9.17, 15) is 0 Å². The third-order valence-corrected chi connectivity index (χ3v) is 2.30. The molecule has 0 fully saturated rings. The number of nitrogen functional groups attached to an aromatic ring is 1. The largest absolute Gasteiger partial charge is 0.382 e. The van der Waals surface area contributed by atoms with Crippen LogP contribution in [0.25, 0.3) is 0 Å². The Kier molecular flexibility index (Phi) is 3.00. The zero-order chi connectivity index (χ0) is 11.4. The van der Waals surface area contributed by atoms with Gasteiger partial charge in [0, 0.05) is 12.2 Å². The molecular formula is C12H14N4. The predicted octanol–water partition coefficient (Wildman–Crippen LogP) is 2.22. The van der Waals surface area contributed by atoms with Crippen molar-refractivity contribution in [3.8, 4) is 0 Å². The van der Waals surface area contributed by atoms with Gasteiger partial charge in [-0.05, 0) is 19.1 Å². The molecule has 0 spiro atoms. The van der Waals surface area contributed by atoms with Gasteiger partial charge in [0.05, 0.1) is 12.4 Å². The van der Waals surface area contributed by atoms with Crippen LogP contribution in [0.5, 0.6) is 0 Å². The molecule has 0 saturated heterocycles. The minimum Gasteiger partial charge on any atom is -0.382 e. The van der Waals surface area contributed by atoms with Gasteiger partial charge >= 0.3 is 0 Å². The summed E-state index contributed by atoms with van der Waals surface area (Å²) in [5.74, 6) is 1.21. The van der Waals surface area contributed by atoms with Crippen molar-refractivity contribution in [2.75, 3.05) is 17.2 Å². The van der Waals surface area contributed by atoms with Crippen LogP contribution in [0.1, 0.15) is 6.92 Å². The number of rotatable bonds is 3. The number of nitrogens with two attached hydrogens (primary N) is 1. The normalized spacial score (nSPS) is 10.1. The van der Waals surface area contributed by atoms with E-state index in [1.54, 1.807) is 12.4 Å². The second-order valence-corrected chi connectivity index (χ2v) is 3.38. The van der Waals surface area contributed by atoms with Crippen LogP contribution in [-0.4, -0.2) is 16.5 Å². The van der Waals surface area contributed by atoms with E-state index in [1.165, 1.54) is 0 Å². The molecule has 4 heteroatoms. The van der Waals surface area contributed by atoms with Gasteiger partial charge in [-0.3, -0.25) is 4.98 Å². The maximum absolute atomic E-state index is 5.63. The molecule has 0 aliphatic rings. The number of hydrogen-bond acceptors (Lipinski definition) is 4. The number of para-hydroxylation sites is 1. The molecule has 1 aromatic heterocycles. The topological polar surface area (TPSA) is 55.0 Å². The van der Waals surface area contributed by atoms with Crippen LogP contribution >= 0.6 is 0 Å². The smallest absolute Gasteiger partial charge is 0.153 e. The zero-order valence-electron chi connectivity index (χ0n) is 9.17. The molecule has 0 unspecified atom stereocenters. The summed E-state index contributed by atoms with van der Waals surface area (Å²) in [5, 5.41) is 0. The quantitative estimate of drug-likeness (QED) is 0.851. The Morgan fingerprint density at radius 3 is 2.56 bits per heavy atom. The molecule has 0 amide bonds. The molecule has 2 N–H and O–H groups in total.